The number of aryl methyl sites for hydroxylation is 1. The van der Waals surface area contributed by atoms with Crippen LogP contribution in [-0.2, 0) is 0 Å². The predicted molar refractivity (Wildman–Crippen MR) is 83.1 cm³/mol. The van der Waals surface area contributed by atoms with Crippen molar-refractivity contribution in [2.45, 2.75) is 26.7 Å². The lowest BCUT2D eigenvalue weighted by molar-refractivity contribution is 0.102. The number of anilines is 2. The van der Waals surface area contributed by atoms with E-state index in [9.17, 15) is 4.79 Å². The minimum Gasteiger partial charge on any atom is -0.320 e. The highest BCUT2D eigenvalue weighted by molar-refractivity contribution is 6.03. The largest absolute Gasteiger partial charge is 0.320 e. The van der Waals surface area contributed by atoms with Crippen LogP contribution in [0, 0.1) is 6.92 Å². The second-order valence-electron chi connectivity index (χ2n) is 5.08. The van der Waals surface area contributed by atoms with Crippen LogP contribution in [-0.4, -0.2) is 15.9 Å². The van der Waals surface area contributed by atoms with E-state index in [-0.39, 0.29) is 11.6 Å². The zero-order chi connectivity index (χ0) is 15.4. The van der Waals surface area contributed by atoms with Gasteiger partial charge in [0.2, 0.25) is 0 Å². The lowest BCUT2D eigenvalue weighted by Gasteiger charge is -2.16. The molecule has 4 N–H and O–H groups in total. The van der Waals surface area contributed by atoms with Crippen molar-refractivity contribution in [1.29, 1.82) is 0 Å². The van der Waals surface area contributed by atoms with Gasteiger partial charge in [-0.15, -0.1) is 0 Å². The first-order valence-corrected chi connectivity index (χ1v) is 6.72. The molecule has 0 radical (unpaired) electrons. The molecule has 2 aromatic rings. The second kappa shape index (κ2) is 6.32. The van der Waals surface area contributed by atoms with Gasteiger partial charge in [-0.3, -0.25) is 4.79 Å². The molecule has 0 aliphatic carbocycles. The molecule has 21 heavy (non-hydrogen) atoms. The minimum atomic E-state index is -0.290. The van der Waals surface area contributed by atoms with Gasteiger partial charge in [0.1, 0.15) is 5.69 Å². The number of nitrogen functional groups attached to an aromatic ring is 1. The van der Waals surface area contributed by atoms with Crippen LogP contribution < -0.4 is 16.6 Å². The maximum atomic E-state index is 12.3. The van der Waals surface area contributed by atoms with Gasteiger partial charge in [-0.05, 0) is 24.0 Å². The van der Waals surface area contributed by atoms with Crippen LogP contribution in [0.25, 0.3) is 0 Å². The summed E-state index contributed by atoms with van der Waals surface area (Å²) in [5, 5.41) is 2.92. The normalized spacial score (nSPS) is 10.5. The zero-order valence-electron chi connectivity index (χ0n) is 12.3. The van der Waals surface area contributed by atoms with Crippen molar-refractivity contribution in [3.05, 3.63) is 47.4 Å². The average Bonchev–Trinajstić information content (AvgIpc) is 2.49. The number of amides is 1. The van der Waals surface area contributed by atoms with Crippen LogP contribution in [0.1, 0.15) is 41.4 Å². The van der Waals surface area contributed by atoms with Crippen molar-refractivity contribution in [1.82, 2.24) is 9.97 Å². The standard InChI is InChI=1S/C15H19N5O/c1-9(2)11-6-4-5-10(3)14(11)19-15(21)12-7-18-13(20-16)8-17-12/h4-9H,16H2,1-3H3,(H,18,20)(H,19,21). The Kier molecular flexibility index (Phi) is 4.49. The number of para-hydroxylation sites is 1. The third-order valence-corrected chi connectivity index (χ3v) is 3.20. The van der Waals surface area contributed by atoms with E-state index in [1.807, 2.05) is 25.1 Å². The van der Waals surface area contributed by atoms with E-state index in [0.717, 1.165) is 16.8 Å². The van der Waals surface area contributed by atoms with Gasteiger partial charge in [0.25, 0.3) is 5.91 Å². The summed E-state index contributed by atoms with van der Waals surface area (Å²) in [7, 11) is 0. The minimum absolute atomic E-state index is 0.243. The van der Waals surface area contributed by atoms with Crippen molar-refractivity contribution in [3.8, 4) is 0 Å². The quantitative estimate of drug-likeness (QED) is 0.592. The van der Waals surface area contributed by atoms with Crippen LogP contribution in [0.3, 0.4) is 0 Å². The molecule has 0 fully saturated rings. The Morgan fingerprint density at radius 1 is 1.24 bits per heavy atom. The van der Waals surface area contributed by atoms with Gasteiger partial charge in [0.05, 0.1) is 12.4 Å². The number of carbonyl (C=O) groups is 1. The lowest BCUT2D eigenvalue weighted by atomic mass is 9.98. The average molecular weight is 285 g/mol. The first-order chi connectivity index (χ1) is 10.0. The van der Waals surface area contributed by atoms with Gasteiger partial charge in [-0.1, -0.05) is 32.0 Å². The summed E-state index contributed by atoms with van der Waals surface area (Å²) in [6, 6.07) is 5.97. The molecule has 0 aliphatic heterocycles. The number of hydrogen-bond donors (Lipinski definition) is 3. The SMILES string of the molecule is Cc1cccc(C(C)C)c1NC(=O)c1cnc(NN)cn1. The summed E-state index contributed by atoms with van der Waals surface area (Å²) < 4.78 is 0. The summed E-state index contributed by atoms with van der Waals surface area (Å²) in [6.07, 6.45) is 2.80. The summed E-state index contributed by atoms with van der Waals surface area (Å²) in [4.78, 5) is 20.3. The van der Waals surface area contributed by atoms with E-state index in [0.29, 0.717) is 11.7 Å². The molecular weight excluding hydrogens is 266 g/mol. The molecular formula is C15H19N5O. The number of aromatic nitrogens is 2. The fourth-order valence-electron chi connectivity index (χ4n) is 2.04. The first kappa shape index (κ1) is 14.9. The fraction of sp³-hybridized carbons (Fsp3) is 0.267. The lowest BCUT2D eigenvalue weighted by Crippen LogP contribution is -2.17. The number of nitrogens with one attached hydrogen (secondary N) is 2. The van der Waals surface area contributed by atoms with Gasteiger partial charge in [0, 0.05) is 5.69 Å². The molecule has 2 rings (SSSR count). The van der Waals surface area contributed by atoms with E-state index in [2.05, 4.69) is 34.6 Å². The van der Waals surface area contributed by atoms with Crippen molar-refractivity contribution >= 4 is 17.4 Å². The Labute approximate surface area is 123 Å². The summed E-state index contributed by atoms with van der Waals surface area (Å²) >= 11 is 0. The van der Waals surface area contributed by atoms with Gasteiger partial charge in [-0.2, -0.15) is 0 Å². The maximum absolute atomic E-state index is 12.3. The number of carbonyl (C=O) groups excluding carboxylic acids is 1. The fourth-order valence-corrected chi connectivity index (χ4v) is 2.04. The number of hydrogen-bond acceptors (Lipinski definition) is 5. The third kappa shape index (κ3) is 3.35. The Bertz CT molecular complexity index is 637. The molecule has 0 bridgehead atoms. The van der Waals surface area contributed by atoms with Crippen LogP contribution in [0.5, 0.6) is 0 Å². The number of benzene rings is 1. The van der Waals surface area contributed by atoms with Crippen molar-refractivity contribution < 1.29 is 4.79 Å². The molecule has 1 aromatic carbocycles. The molecule has 110 valence electrons. The van der Waals surface area contributed by atoms with Crippen molar-refractivity contribution in [2.24, 2.45) is 5.84 Å². The van der Waals surface area contributed by atoms with E-state index >= 15 is 0 Å². The first-order valence-electron chi connectivity index (χ1n) is 6.72. The van der Waals surface area contributed by atoms with E-state index in [1.165, 1.54) is 12.4 Å². The third-order valence-electron chi connectivity index (χ3n) is 3.20. The summed E-state index contributed by atoms with van der Waals surface area (Å²) in [6.45, 7) is 6.15. The summed E-state index contributed by atoms with van der Waals surface area (Å²) in [5.74, 6) is 5.65. The van der Waals surface area contributed by atoms with Crippen molar-refractivity contribution in [3.63, 3.8) is 0 Å². The van der Waals surface area contributed by atoms with Gasteiger partial charge in [-0.25, -0.2) is 15.8 Å². The maximum Gasteiger partial charge on any atom is 0.275 e. The molecule has 1 aromatic heterocycles. The molecule has 0 atom stereocenters. The van der Waals surface area contributed by atoms with Crippen molar-refractivity contribution in [2.75, 3.05) is 10.7 Å². The van der Waals surface area contributed by atoms with Gasteiger partial charge in [0.15, 0.2) is 5.82 Å². The molecule has 0 spiro atoms. The van der Waals surface area contributed by atoms with E-state index in [4.69, 9.17) is 5.84 Å². The molecule has 6 nitrogen and oxygen atoms in total. The highest BCUT2D eigenvalue weighted by Crippen LogP contribution is 2.27. The van der Waals surface area contributed by atoms with Gasteiger partial charge >= 0.3 is 0 Å². The monoisotopic (exact) mass is 285 g/mol. The molecule has 0 saturated heterocycles. The van der Waals surface area contributed by atoms with Crippen LogP contribution in [0.15, 0.2) is 30.6 Å². The molecule has 0 aliphatic rings. The van der Waals surface area contributed by atoms with Gasteiger partial charge < -0.3 is 10.7 Å². The Balaban J connectivity index is 2.26. The number of hydrazine groups is 1. The Hall–Kier alpha value is -2.47. The topological polar surface area (TPSA) is 92.9 Å². The summed E-state index contributed by atoms with van der Waals surface area (Å²) in [5.41, 5.74) is 5.56. The van der Waals surface area contributed by atoms with E-state index in [1.54, 1.807) is 0 Å². The predicted octanol–water partition coefficient (Wildman–Crippen LogP) is 2.45. The highest BCUT2D eigenvalue weighted by Gasteiger charge is 2.14. The number of nitrogens with two attached hydrogens (primary N) is 1. The Morgan fingerprint density at radius 3 is 2.57 bits per heavy atom. The number of nitrogens with zero attached hydrogens (tertiary/aromatic N) is 2. The van der Waals surface area contributed by atoms with E-state index < -0.39 is 0 Å². The zero-order valence-corrected chi connectivity index (χ0v) is 12.3. The molecule has 1 amide bonds. The number of rotatable bonds is 4. The molecule has 0 unspecified atom stereocenters. The molecule has 6 heteroatoms. The van der Waals surface area contributed by atoms with Crippen LogP contribution in [0.2, 0.25) is 0 Å². The van der Waals surface area contributed by atoms with Crippen LogP contribution >= 0.6 is 0 Å². The Morgan fingerprint density at radius 2 is 2.00 bits per heavy atom. The smallest absolute Gasteiger partial charge is 0.275 e. The second-order valence-corrected chi connectivity index (χ2v) is 5.08. The molecule has 1 heterocycles. The van der Waals surface area contributed by atoms with Crippen LogP contribution in [0.4, 0.5) is 11.5 Å². The highest BCUT2D eigenvalue weighted by atomic mass is 16.1. The molecule has 0 saturated carbocycles.